The molecule has 1 fully saturated rings. The Morgan fingerprint density at radius 3 is 2.13 bits per heavy atom. The number of ether oxygens (including phenoxy) is 5. The average Bonchev–Trinajstić information content (AvgIpc) is 3.09. The first-order valence-corrected chi connectivity index (χ1v) is 15.2. The highest BCUT2D eigenvalue weighted by molar-refractivity contribution is 5.93. The molecule has 0 saturated carbocycles. The first-order chi connectivity index (χ1) is 22.6. The molecule has 11 heteroatoms. The highest BCUT2D eigenvalue weighted by Crippen LogP contribution is 2.35. The van der Waals surface area contributed by atoms with E-state index in [0.717, 1.165) is 33.2 Å². The molecule has 1 aliphatic heterocycles. The van der Waals surface area contributed by atoms with E-state index in [4.69, 9.17) is 23.7 Å². The summed E-state index contributed by atoms with van der Waals surface area (Å²) in [6, 6.07) is 25.2. The van der Waals surface area contributed by atoms with E-state index >= 15 is 0 Å². The summed E-state index contributed by atoms with van der Waals surface area (Å²) in [5.74, 6) is 3.41. The van der Waals surface area contributed by atoms with Crippen molar-refractivity contribution >= 4 is 39.2 Å². The number of amides is 2. The van der Waals surface area contributed by atoms with Crippen molar-refractivity contribution in [2.45, 2.75) is 0 Å². The number of methoxy groups -OCH3 is 2. The van der Waals surface area contributed by atoms with Crippen LogP contribution in [0.2, 0.25) is 0 Å². The van der Waals surface area contributed by atoms with E-state index in [1.54, 1.807) is 25.4 Å². The molecule has 0 spiro atoms. The van der Waals surface area contributed by atoms with Gasteiger partial charge in [-0.1, -0.05) is 30.3 Å². The Kier molecular flexibility index (Phi) is 9.91. The fourth-order valence-electron chi connectivity index (χ4n) is 5.30. The number of piperazine rings is 1. The van der Waals surface area contributed by atoms with Gasteiger partial charge in [0.2, 0.25) is 0 Å². The third-order valence-corrected chi connectivity index (χ3v) is 7.70. The fourth-order valence-corrected chi connectivity index (χ4v) is 5.30. The van der Waals surface area contributed by atoms with Crippen LogP contribution in [0.4, 0.5) is 16.3 Å². The third-order valence-electron chi connectivity index (χ3n) is 7.70. The van der Waals surface area contributed by atoms with E-state index in [1.165, 1.54) is 0 Å². The SMILES string of the molecule is COCCOc1cc2ncnc(N3CCN(C(=O)Nc4ccc(Oc5ccc6ccccc6c5)cc4)CC3)c2cc1OCCOC. The highest BCUT2D eigenvalue weighted by Gasteiger charge is 2.24. The highest BCUT2D eigenvalue weighted by atomic mass is 16.5. The molecule has 5 aromatic rings. The van der Waals surface area contributed by atoms with Gasteiger partial charge in [-0.15, -0.1) is 0 Å². The number of benzene rings is 4. The molecule has 0 radical (unpaired) electrons. The lowest BCUT2D eigenvalue weighted by atomic mass is 10.1. The lowest BCUT2D eigenvalue weighted by molar-refractivity contribution is 0.132. The van der Waals surface area contributed by atoms with Gasteiger partial charge in [0.1, 0.15) is 36.9 Å². The number of aromatic nitrogens is 2. The van der Waals surface area contributed by atoms with Gasteiger partial charge in [-0.25, -0.2) is 14.8 Å². The van der Waals surface area contributed by atoms with Crippen LogP contribution in [0.5, 0.6) is 23.0 Å². The van der Waals surface area contributed by atoms with Crippen LogP contribution in [0.25, 0.3) is 21.7 Å². The lowest BCUT2D eigenvalue weighted by Gasteiger charge is -2.35. The molecule has 1 saturated heterocycles. The van der Waals surface area contributed by atoms with Crippen LogP contribution in [-0.4, -0.2) is 87.7 Å². The van der Waals surface area contributed by atoms with Crippen LogP contribution >= 0.6 is 0 Å². The predicted octanol–water partition coefficient (Wildman–Crippen LogP) is 5.98. The van der Waals surface area contributed by atoms with Crippen molar-refractivity contribution in [1.82, 2.24) is 14.9 Å². The maximum atomic E-state index is 13.1. The Bertz CT molecular complexity index is 1780. The first-order valence-electron chi connectivity index (χ1n) is 15.2. The molecule has 11 nitrogen and oxygen atoms in total. The van der Waals surface area contributed by atoms with E-state index < -0.39 is 0 Å². The van der Waals surface area contributed by atoms with Gasteiger partial charge in [0, 0.05) is 57.5 Å². The summed E-state index contributed by atoms with van der Waals surface area (Å²) in [4.78, 5) is 26.2. The first kappa shape index (κ1) is 30.9. The van der Waals surface area contributed by atoms with Crippen molar-refractivity contribution < 1.29 is 28.5 Å². The Morgan fingerprint density at radius 2 is 1.41 bits per heavy atom. The van der Waals surface area contributed by atoms with Gasteiger partial charge in [0.25, 0.3) is 0 Å². The number of nitrogens with one attached hydrogen (secondary N) is 1. The van der Waals surface area contributed by atoms with Gasteiger partial charge in [0.05, 0.1) is 18.7 Å². The third kappa shape index (κ3) is 7.39. The number of urea groups is 1. The topological polar surface area (TPSA) is 108 Å². The number of fused-ring (bicyclic) bond motifs is 2. The summed E-state index contributed by atoms with van der Waals surface area (Å²) >= 11 is 0. The minimum atomic E-state index is -0.151. The zero-order valence-corrected chi connectivity index (χ0v) is 26.0. The molecule has 2 amide bonds. The molecule has 0 aliphatic carbocycles. The summed E-state index contributed by atoms with van der Waals surface area (Å²) in [7, 11) is 3.26. The molecule has 1 aliphatic rings. The Balaban J connectivity index is 1.07. The maximum absolute atomic E-state index is 13.1. The van der Waals surface area contributed by atoms with Crippen LogP contribution < -0.4 is 24.4 Å². The molecule has 4 aromatic carbocycles. The summed E-state index contributed by atoms with van der Waals surface area (Å²) in [6.07, 6.45) is 1.55. The number of nitrogens with zero attached hydrogens (tertiary/aromatic N) is 4. The second-order valence-electron chi connectivity index (χ2n) is 10.7. The zero-order chi connectivity index (χ0) is 31.7. The molecule has 46 heavy (non-hydrogen) atoms. The minimum Gasteiger partial charge on any atom is -0.487 e. The minimum absolute atomic E-state index is 0.151. The molecular formula is C35H37N5O6. The lowest BCUT2D eigenvalue weighted by Crippen LogP contribution is -2.50. The van der Waals surface area contributed by atoms with Gasteiger partial charge in [-0.2, -0.15) is 0 Å². The van der Waals surface area contributed by atoms with Gasteiger partial charge in [0.15, 0.2) is 11.5 Å². The normalized spacial score (nSPS) is 13.2. The molecule has 0 unspecified atom stereocenters. The second-order valence-corrected chi connectivity index (χ2v) is 10.7. The zero-order valence-electron chi connectivity index (χ0n) is 26.0. The molecule has 238 valence electrons. The van der Waals surface area contributed by atoms with Crippen molar-refractivity contribution in [1.29, 1.82) is 0 Å². The largest absolute Gasteiger partial charge is 0.487 e. The molecule has 1 aromatic heterocycles. The van der Waals surface area contributed by atoms with Crippen molar-refractivity contribution in [2.24, 2.45) is 0 Å². The van der Waals surface area contributed by atoms with Crippen molar-refractivity contribution in [3.63, 3.8) is 0 Å². The van der Waals surface area contributed by atoms with Crippen molar-refractivity contribution in [3.8, 4) is 23.0 Å². The second kappa shape index (κ2) is 14.8. The van der Waals surface area contributed by atoms with Crippen molar-refractivity contribution in [3.05, 3.63) is 85.2 Å². The number of anilines is 2. The quantitative estimate of drug-likeness (QED) is 0.168. The number of carbonyl (C=O) groups excluding carboxylic acids is 1. The monoisotopic (exact) mass is 623 g/mol. The summed E-state index contributed by atoms with van der Waals surface area (Å²) in [5, 5.41) is 6.13. The number of hydrogen-bond donors (Lipinski definition) is 1. The Morgan fingerprint density at radius 1 is 0.739 bits per heavy atom. The van der Waals surface area contributed by atoms with Crippen LogP contribution in [0, 0.1) is 0 Å². The Hall–Kier alpha value is -5.13. The molecule has 2 heterocycles. The van der Waals surface area contributed by atoms with E-state index in [2.05, 4.69) is 32.3 Å². The van der Waals surface area contributed by atoms with E-state index in [-0.39, 0.29) is 6.03 Å². The smallest absolute Gasteiger partial charge is 0.321 e. The van der Waals surface area contributed by atoms with Gasteiger partial charge in [-0.3, -0.25) is 0 Å². The molecular weight excluding hydrogens is 586 g/mol. The molecule has 0 bridgehead atoms. The molecule has 1 N–H and O–H groups in total. The Labute approximate surface area is 267 Å². The number of rotatable bonds is 12. The van der Waals surface area contributed by atoms with Crippen molar-refractivity contribution in [2.75, 3.05) is 77.0 Å². The van der Waals surface area contributed by atoms with Gasteiger partial charge in [-0.05, 0) is 53.2 Å². The van der Waals surface area contributed by atoms with Crippen LogP contribution in [0.3, 0.4) is 0 Å². The summed E-state index contributed by atoms with van der Waals surface area (Å²) < 4.78 is 28.2. The molecule has 6 rings (SSSR count). The standard InChI is InChI=1S/C35H37N5O6/c1-42-17-19-44-32-22-30-31(23-33(32)45-20-18-43-2)36-24-37-34(30)39-13-15-40(16-14-39)35(41)38-27-8-11-28(12-9-27)46-29-10-7-25-5-3-4-6-26(25)21-29/h3-12,21-24H,13-20H2,1-2H3,(H,38,41). The van der Waals surface area contributed by atoms with Crippen LogP contribution in [0.15, 0.2) is 85.2 Å². The van der Waals surface area contributed by atoms with Gasteiger partial charge >= 0.3 is 6.03 Å². The van der Waals surface area contributed by atoms with E-state index in [9.17, 15) is 4.79 Å². The predicted molar refractivity (Wildman–Crippen MR) is 178 cm³/mol. The number of carbonyl (C=O) groups is 1. The maximum Gasteiger partial charge on any atom is 0.321 e. The number of hydrogen-bond acceptors (Lipinski definition) is 9. The fraction of sp³-hybridized carbons (Fsp3) is 0.286. The van der Waals surface area contributed by atoms with Gasteiger partial charge < -0.3 is 38.8 Å². The van der Waals surface area contributed by atoms with E-state index in [0.29, 0.717) is 75.5 Å². The van der Waals surface area contributed by atoms with E-state index in [1.807, 2.05) is 66.7 Å². The van der Waals surface area contributed by atoms with Crippen LogP contribution in [-0.2, 0) is 9.47 Å². The average molecular weight is 624 g/mol. The summed E-state index contributed by atoms with van der Waals surface area (Å²) in [6.45, 7) is 3.96. The van der Waals surface area contributed by atoms with Crippen LogP contribution in [0.1, 0.15) is 0 Å². The molecule has 0 atom stereocenters. The summed E-state index contributed by atoms with van der Waals surface area (Å²) in [5.41, 5.74) is 1.44.